The van der Waals surface area contributed by atoms with E-state index in [0.29, 0.717) is 22.3 Å². The Bertz CT molecular complexity index is 1190. The summed E-state index contributed by atoms with van der Waals surface area (Å²) >= 11 is 1.49. The maximum absolute atomic E-state index is 10.1. The molecule has 3 heterocycles. The number of hydrogen-bond donors (Lipinski definition) is 2. The van der Waals surface area contributed by atoms with E-state index in [4.69, 9.17) is 9.72 Å². The Kier molecular flexibility index (Phi) is 6.07. The summed E-state index contributed by atoms with van der Waals surface area (Å²) in [6, 6.07) is 17.3. The monoisotopic (exact) mass is 447 g/mol. The van der Waals surface area contributed by atoms with Crippen molar-refractivity contribution in [2.75, 3.05) is 24.3 Å². The molecule has 0 bridgehead atoms. The minimum Gasteiger partial charge on any atom is -0.444 e. The SMILES string of the molecule is CN(C)c1nc(-c2ccccc2)c(Oc2ccnc(Nc3ccc(C(C)(C)O)nc3)c2)s1. The Morgan fingerprint density at radius 3 is 2.47 bits per heavy atom. The normalized spacial score (nSPS) is 11.3. The van der Waals surface area contributed by atoms with E-state index in [-0.39, 0.29) is 0 Å². The lowest BCUT2D eigenvalue weighted by Crippen LogP contribution is -2.17. The molecule has 2 N–H and O–H groups in total. The molecule has 4 aromatic rings. The third-order valence-electron chi connectivity index (χ3n) is 4.62. The van der Waals surface area contributed by atoms with Crippen LogP contribution in [0.25, 0.3) is 11.3 Å². The second-order valence-electron chi connectivity index (χ2n) is 7.99. The molecule has 0 amide bonds. The van der Waals surface area contributed by atoms with E-state index in [2.05, 4.69) is 15.3 Å². The molecule has 3 aromatic heterocycles. The van der Waals surface area contributed by atoms with Gasteiger partial charge in [-0.1, -0.05) is 41.7 Å². The number of pyridine rings is 2. The molecule has 0 aliphatic heterocycles. The van der Waals surface area contributed by atoms with E-state index >= 15 is 0 Å². The van der Waals surface area contributed by atoms with Crippen molar-refractivity contribution in [3.63, 3.8) is 0 Å². The molecule has 0 radical (unpaired) electrons. The highest BCUT2D eigenvalue weighted by atomic mass is 32.1. The van der Waals surface area contributed by atoms with Crippen LogP contribution in [0.4, 0.5) is 16.6 Å². The van der Waals surface area contributed by atoms with Crippen LogP contribution in [0, 0.1) is 0 Å². The highest BCUT2D eigenvalue weighted by molar-refractivity contribution is 7.17. The average molecular weight is 448 g/mol. The fourth-order valence-corrected chi connectivity index (χ4v) is 3.85. The first-order chi connectivity index (χ1) is 15.3. The number of nitrogens with zero attached hydrogens (tertiary/aromatic N) is 4. The van der Waals surface area contributed by atoms with E-state index < -0.39 is 5.60 Å². The Hall–Kier alpha value is -3.49. The van der Waals surface area contributed by atoms with E-state index in [1.807, 2.05) is 67.5 Å². The van der Waals surface area contributed by atoms with Crippen LogP contribution in [0.5, 0.6) is 10.8 Å². The Morgan fingerprint density at radius 1 is 1.03 bits per heavy atom. The van der Waals surface area contributed by atoms with Gasteiger partial charge in [-0.05, 0) is 32.0 Å². The summed E-state index contributed by atoms with van der Waals surface area (Å²) in [4.78, 5) is 15.4. The molecule has 0 unspecified atom stereocenters. The zero-order valence-electron chi connectivity index (χ0n) is 18.4. The number of thiazole rings is 1. The van der Waals surface area contributed by atoms with E-state index in [0.717, 1.165) is 22.1 Å². The zero-order valence-corrected chi connectivity index (χ0v) is 19.2. The zero-order chi connectivity index (χ0) is 22.7. The summed E-state index contributed by atoms with van der Waals surface area (Å²) in [5, 5.41) is 14.9. The second-order valence-corrected chi connectivity index (χ2v) is 8.93. The summed E-state index contributed by atoms with van der Waals surface area (Å²) in [6.45, 7) is 3.41. The van der Waals surface area contributed by atoms with Crippen molar-refractivity contribution in [2.24, 2.45) is 0 Å². The molecule has 0 saturated heterocycles. The van der Waals surface area contributed by atoms with Crippen molar-refractivity contribution in [3.05, 3.63) is 72.7 Å². The summed E-state index contributed by atoms with van der Waals surface area (Å²) in [5.41, 5.74) is 2.18. The van der Waals surface area contributed by atoms with Crippen LogP contribution < -0.4 is 15.0 Å². The van der Waals surface area contributed by atoms with Crippen LogP contribution in [-0.2, 0) is 5.60 Å². The summed E-state index contributed by atoms with van der Waals surface area (Å²) in [7, 11) is 3.92. The second kappa shape index (κ2) is 8.94. The van der Waals surface area contributed by atoms with Crippen LogP contribution >= 0.6 is 11.3 Å². The number of hydrogen-bond acceptors (Lipinski definition) is 8. The lowest BCUT2D eigenvalue weighted by Gasteiger charge is -2.16. The van der Waals surface area contributed by atoms with E-state index in [1.54, 1.807) is 32.3 Å². The fraction of sp³-hybridized carbons (Fsp3) is 0.208. The van der Waals surface area contributed by atoms with Gasteiger partial charge in [0, 0.05) is 31.9 Å². The molecule has 7 nitrogen and oxygen atoms in total. The van der Waals surface area contributed by atoms with Gasteiger partial charge < -0.3 is 20.1 Å². The van der Waals surface area contributed by atoms with Gasteiger partial charge in [-0.15, -0.1) is 0 Å². The van der Waals surface area contributed by atoms with Crippen LogP contribution in [0.3, 0.4) is 0 Å². The average Bonchev–Trinajstić information content (AvgIpc) is 3.18. The molecular weight excluding hydrogens is 422 g/mol. The van der Waals surface area contributed by atoms with Gasteiger partial charge >= 0.3 is 0 Å². The third kappa shape index (κ3) is 5.04. The molecular formula is C24H25N5O2S. The number of aromatic nitrogens is 3. The van der Waals surface area contributed by atoms with Gasteiger partial charge in [0.05, 0.1) is 17.6 Å². The smallest absolute Gasteiger partial charge is 0.210 e. The molecule has 0 atom stereocenters. The van der Waals surface area contributed by atoms with Gasteiger partial charge in [0.15, 0.2) is 5.13 Å². The van der Waals surface area contributed by atoms with Crippen LogP contribution in [0.15, 0.2) is 67.0 Å². The summed E-state index contributed by atoms with van der Waals surface area (Å²) < 4.78 is 6.24. The Morgan fingerprint density at radius 2 is 1.81 bits per heavy atom. The standard InChI is InChI=1S/C24H25N5O2S/c1-24(2,30)19-11-10-17(15-26-19)27-20-14-18(12-13-25-20)31-22-21(16-8-6-5-7-9-16)28-23(32-22)29(3)4/h5-15,30H,1-4H3,(H,25,27). The van der Waals surface area contributed by atoms with Crippen molar-refractivity contribution < 1.29 is 9.84 Å². The predicted octanol–water partition coefficient (Wildman–Crippen LogP) is 5.43. The van der Waals surface area contributed by atoms with Gasteiger partial charge in [-0.3, -0.25) is 4.98 Å². The van der Waals surface area contributed by atoms with Gasteiger partial charge in [-0.2, -0.15) is 0 Å². The molecule has 0 saturated carbocycles. The lowest BCUT2D eigenvalue weighted by atomic mass is 10.1. The molecule has 1 aromatic carbocycles. The van der Waals surface area contributed by atoms with Gasteiger partial charge in [-0.25, -0.2) is 9.97 Å². The molecule has 164 valence electrons. The number of nitrogens with one attached hydrogen (secondary N) is 1. The van der Waals surface area contributed by atoms with Gasteiger partial charge in [0.1, 0.15) is 22.9 Å². The molecule has 0 aliphatic rings. The summed E-state index contributed by atoms with van der Waals surface area (Å²) in [5.74, 6) is 1.27. The molecule has 0 spiro atoms. The predicted molar refractivity (Wildman–Crippen MR) is 129 cm³/mol. The van der Waals surface area contributed by atoms with Crippen LogP contribution in [0.2, 0.25) is 0 Å². The molecule has 32 heavy (non-hydrogen) atoms. The third-order valence-corrected chi connectivity index (χ3v) is 5.72. The molecule has 8 heteroatoms. The first-order valence-electron chi connectivity index (χ1n) is 10.1. The topological polar surface area (TPSA) is 83.4 Å². The first kappa shape index (κ1) is 21.7. The van der Waals surface area contributed by atoms with Crippen molar-refractivity contribution in [2.45, 2.75) is 19.4 Å². The van der Waals surface area contributed by atoms with Crippen LogP contribution in [-0.4, -0.2) is 34.2 Å². The van der Waals surface area contributed by atoms with Crippen molar-refractivity contribution >= 4 is 28.0 Å². The summed E-state index contributed by atoms with van der Waals surface area (Å²) in [6.07, 6.45) is 3.36. The maximum Gasteiger partial charge on any atom is 0.210 e. The minimum atomic E-state index is -0.985. The number of aliphatic hydroxyl groups is 1. The number of benzene rings is 1. The number of ether oxygens (including phenoxy) is 1. The highest BCUT2D eigenvalue weighted by Crippen LogP contribution is 2.41. The van der Waals surface area contributed by atoms with E-state index in [9.17, 15) is 5.11 Å². The molecule has 0 aliphatic carbocycles. The first-order valence-corrected chi connectivity index (χ1v) is 10.9. The van der Waals surface area contributed by atoms with Crippen molar-refractivity contribution in [3.8, 4) is 22.1 Å². The Labute approximate surface area is 191 Å². The number of rotatable bonds is 7. The lowest BCUT2D eigenvalue weighted by molar-refractivity contribution is 0.0739. The highest BCUT2D eigenvalue weighted by Gasteiger charge is 2.18. The van der Waals surface area contributed by atoms with Crippen molar-refractivity contribution in [1.29, 1.82) is 0 Å². The fourth-order valence-electron chi connectivity index (χ4n) is 2.96. The van der Waals surface area contributed by atoms with Gasteiger partial charge in [0.2, 0.25) is 5.06 Å². The van der Waals surface area contributed by atoms with Crippen molar-refractivity contribution in [1.82, 2.24) is 15.0 Å². The van der Waals surface area contributed by atoms with Gasteiger partial charge in [0.25, 0.3) is 0 Å². The molecule has 4 rings (SSSR count). The largest absolute Gasteiger partial charge is 0.444 e. The Balaban J connectivity index is 1.57. The minimum absolute atomic E-state index is 0.600. The van der Waals surface area contributed by atoms with Crippen LogP contribution in [0.1, 0.15) is 19.5 Å². The maximum atomic E-state index is 10.1. The number of anilines is 3. The van der Waals surface area contributed by atoms with E-state index in [1.165, 1.54) is 11.3 Å². The molecule has 0 fully saturated rings. The quantitative estimate of drug-likeness (QED) is 0.391.